The number of halogens is 1. The van der Waals surface area contributed by atoms with E-state index in [1.165, 1.54) is 24.8 Å². The number of rotatable bonds is 7. The normalized spacial score (nSPS) is 18.9. The number of ether oxygens (including phenoxy) is 1. The Morgan fingerprint density at radius 2 is 1.54 bits per heavy atom. The molecule has 1 amide bonds. The van der Waals surface area contributed by atoms with Crippen LogP contribution in [0.25, 0.3) is 0 Å². The molecule has 2 fully saturated rings. The third kappa shape index (κ3) is 6.88. The van der Waals surface area contributed by atoms with E-state index in [1.54, 1.807) is 18.7 Å². The van der Waals surface area contributed by atoms with E-state index in [1.807, 2.05) is 65.6 Å². The summed E-state index contributed by atoms with van der Waals surface area (Å²) in [5.74, 6) is 2.35. The van der Waals surface area contributed by atoms with Crippen molar-refractivity contribution in [3.8, 4) is 11.5 Å². The van der Waals surface area contributed by atoms with Gasteiger partial charge in [0.15, 0.2) is 5.17 Å². The predicted molar refractivity (Wildman–Crippen MR) is 156 cm³/mol. The Hall–Kier alpha value is -2.96. The van der Waals surface area contributed by atoms with Gasteiger partial charge in [0.1, 0.15) is 17.7 Å². The molecule has 1 saturated carbocycles. The molecule has 0 spiro atoms. The van der Waals surface area contributed by atoms with Gasteiger partial charge in [0, 0.05) is 24.9 Å². The molecule has 0 radical (unpaired) electrons. The largest absolute Gasteiger partial charge is 0.457 e. The van der Waals surface area contributed by atoms with Crippen molar-refractivity contribution in [1.82, 2.24) is 4.90 Å². The number of hydrogen-bond acceptors (Lipinski definition) is 4. The zero-order valence-electron chi connectivity index (χ0n) is 21.2. The van der Waals surface area contributed by atoms with Gasteiger partial charge in [-0.1, -0.05) is 79.6 Å². The monoisotopic (exact) mass is 535 g/mol. The van der Waals surface area contributed by atoms with E-state index in [4.69, 9.17) is 9.73 Å². The molecule has 1 aliphatic heterocycles. The van der Waals surface area contributed by atoms with Crippen LogP contribution in [0, 0.1) is 0 Å². The molecule has 0 bridgehead atoms. The molecular formula is C30H34ClN3O2S. The van der Waals surface area contributed by atoms with Gasteiger partial charge in [-0.3, -0.25) is 14.7 Å². The smallest absolute Gasteiger partial charge is 0.225 e. The maximum absolute atomic E-state index is 13.0. The molecule has 0 aromatic heterocycles. The van der Waals surface area contributed by atoms with Gasteiger partial charge in [-0.25, -0.2) is 0 Å². The lowest BCUT2D eigenvalue weighted by Gasteiger charge is -2.35. The molecule has 3 aromatic rings. The molecular weight excluding hydrogens is 502 g/mol. The van der Waals surface area contributed by atoms with Crippen LogP contribution in [0.2, 0.25) is 0 Å². The SMILES string of the molecule is CC(=O)N(c1ccc(Oc2ccccc2)cc1)C1CSC(=NC2CCCCC2)N1Cc1ccccc1.Cl. The standard InChI is InChI=1S/C30H33N3O2S.ClH/c1-23(34)33(26-17-19-28(20-18-26)35-27-15-9-4-10-16-27)29-22-36-30(31-25-13-7-3-8-14-25)32(29)21-24-11-5-2-6-12-24;/h2,4-6,9-12,15-20,25,29H,3,7-8,13-14,21-22H2,1H3;1H. The molecule has 37 heavy (non-hydrogen) atoms. The number of nitrogens with zero attached hydrogens (tertiary/aromatic N) is 3. The van der Waals surface area contributed by atoms with Crippen LogP contribution in [0.15, 0.2) is 89.9 Å². The molecule has 3 aromatic carbocycles. The molecule has 5 nitrogen and oxygen atoms in total. The molecule has 7 heteroatoms. The minimum absolute atomic E-state index is 0. The third-order valence-electron chi connectivity index (χ3n) is 6.76. The zero-order chi connectivity index (χ0) is 24.7. The van der Waals surface area contributed by atoms with Gasteiger partial charge in [0.05, 0.1) is 6.04 Å². The van der Waals surface area contributed by atoms with Crippen molar-refractivity contribution in [2.45, 2.75) is 57.8 Å². The highest BCUT2D eigenvalue weighted by atomic mass is 35.5. The number of para-hydroxylation sites is 1. The van der Waals surface area contributed by atoms with Crippen molar-refractivity contribution in [1.29, 1.82) is 0 Å². The number of aliphatic imine (C=N–C) groups is 1. The van der Waals surface area contributed by atoms with Crippen molar-refractivity contribution < 1.29 is 9.53 Å². The topological polar surface area (TPSA) is 45.1 Å². The van der Waals surface area contributed by atoms with Crippen molar-refractivity contribution in [2.24, 2.45) is 4.99 Å². The highest BCUT2D eigenvalue weighted by Gasteiger charge is 2.37. The summed E-state index contributed by atoms with van der Waals surface area (Å²) in [6.45, 7) is 2.37. The number of amidine groups is 1. The van der Waals surface area contributed by atoms with Gasteiger partial charge < -0.3 is 9.64 Å². The van der Waals surface area contributed by atoms with Crippen LogP contribution in [0.5, 0.6) is 11.5 Å². The maximum Gasteiger partial charge on any atom is 0.225 e. The molecule has 1 heterocycles. The average Bonchev–Trinajstić information content (AvgIpc) is 3.28. The fourth-order valence-corrected chi connectivity index (χ4v) is 6.16. The first-order valence-corrected chi connectivity index (χ1v) is 13.8. The number of thioether (sulfide) groups is 1. The van der Waals surface area contributed by atoms with E-state index in [0.29, 0.717) is 6.04 Å². The van der Waals surface area contributed by atoms with Gasteiger partial charge >= 0.3 is 0 Å². The Balaban J connectivity index is 0.00000320. The van der Waals surface area contributed by atoms with Gasteiger partial charge in [0.25, 0.3) is 0 Å². The van der Waals surface area contributed by atoms with E-state index in [9.17, 15) is 4.79 Å². The van der Waals surface area contributed by atoms with Crippen LogP contribution in [0.3, 0.4) is 0 Å². The zero-order valence-corrected chi connectivity index (χ0v) is 22.8. The second-order valence-electron chi connectivity index (χ2n) is 9.41. The Morgan fingerprint density at radius 3 is 2.19 bits per heavy atom. The van der Waals surface area contributed by atoms with Crippen molar-refractivity contribution in [3.05, 3.63) is 90.5 Å². The number of carbonyl (C=O) groups excluding carboxylic acids is 1. The van der Waals surface area contributed by atoms with Gasteiger partial charge in [-0.2, -0.15) is 0 Å². The highest BCUT2D eigenvalue weighted by molar-refractivity contribution is 8.14. The molecule has 194 valence electrons. The van der Waals surface area contributed by atoms with Crippen LogP contribution in [-0.4, -0.2) is 33.9 Å². The molecule has 1 saturated heterocycles. The minimum atomic E-state index is -0.101. The quantitative estimate of drug-likeness (QED) is 0.314. The number of anilines is 1. The van der Waals surface area contributed by atoms with E-state index >= 15 is 0 Å². The summed E-state index contributed by atoms with van der Waals surface area (Å²) in [7, 11) is 0. The Labute approximate surface area is 230 Å². The lowest BCUT2D eigenvalue weighted by atomic mass is 9.96. The fourth-order valence-electron chi connectivity index (χ4n) is 4.96. The van der Waals surface area contributed by atoms with Crippen LogP contribution >= 0.6 is 24.2 Å². The summed E-state index contributed by atoms with van der Waals surface area (Å²) in [4.78, 5) is 22.5. The van der Waals surface area contributed by atoms with Gasteiger partial charge in [-0.05, 0) is 54.8 Å². The molecule has 0 N–H and O–H groups in total. The van der Waals surface area contributed by atoms with Crippen molar-refractivity contribution >= 4 is 40.9 Å². The number of amides is 1. The fraction of sp³-hybridized carbons (Fsp3) is 0.333. The van der Waals surface area contributed by atoms with E-state index in [-0.39, 0.29) is 24.5 Å². The first-order chi connectivity index (χ1) is 17.7. The lowest BCUT2D eigenvalue weighted by Crippen LogP contribution is -2.49. The van der Waals surface area contributed by atoms with E-state index in [2.05, 4.69) is 29.2 Å². The summed E-state index contributed by atoms with van der Waals surface area (Å²) >= 11 is 1.77. The molecule has 1 unspecified atom stereocenters. The number of hydrogen-bond donors (Lipinski definition) is 0. The summed E-state index contributed by atoms with van der Waals surface area (Å²) in [6, 6.07) is 28.4. The second kappa shape index (κ2) is 13.0. The summed E-state index contributed by atoms with van der Waals surface area (Å²) in [6.07, 6.45) is 6.04. The second-order valence-corrected chi connectivity index (χ2v) is 10.4. The minimum Gasteiger partial charge on any atom is -0.457 e. The van der Waals surface area contributed by atoms with Crippen LogP contribution < -0.4 is 9.64 Å². The Morgan fingerprint density at radius 1 is 0.919 bits per heavy atom. The van der Waals surface area contributed by atoms with Gasteiger partial charge in [0.2, 0.25) is 5.91 Å². The Bertz CT molecular complexity index is 1170. The molecule has 5 rings (SSSR count). The van der Waals surface area contributed by atoms with Crippen molar-refractivity contribution in [3.63, 3.8) is 0 Å². The highest BCUT2D eigenvalue weighted by Crippen LogP contribution is 2.34. The van der Waals surface area contributed by atoms with Crippen LogP contribution in [-0.2, 0) is 11.3 Å². The predicted octanol–water partition coefficient (Wildman–Crippen LogP) is 7.52. The molecule has 1 atom stereocenters. The Kier molecular flexibility index (Phi) is 9.53. The van der Waals surface area contributed by atoms with E-state index < -0.39 is 0 Å². The van der Waals surface area contributed by atoms with Gasteiger partial charge in [-0.15, -0.1) is 12.4 Å². The molecule has 2 aliphatic rings. The summed E-state index contributed by atoms with van der Waals surface area (Å²) < 4.78 is 5.96. The van der Waals surface area contributed by atoms with Crippen LogP contribution in [0.4, 0.5) is 5.69 Å². The van der Waals surface area contributed by atoms with Crippen LogP contribution in [0.1, 0.15) is 44.6 Å². The lowest BCUT2D eigenvalue weighted by molar-refractivity contribution is -0.117. The molecule has 1 aliphatic carbocycles. The third-order valence-corrected chi connectivity index (χ3v) is 7.82. The first kappa shape index (κ1) is 27.1. The first-order valence-electron chi connectivity index (χ1n) is 12.8. The van der Waals surface area contributed by atoms with E-state index in [0.717, 1.165) is 47.5 Å². The number of carbonyl (C=O) groups is 1. The summed E-state index contributed by atoms with van der Waals surface area (Å²) in [5.41, 5.74) is 2.09. The maximum atomic E-state index is 13.0. The number of benzene rings is 3. The average molecular weight is 536 g/mol. The van der Waals surface area contributed by atoms with Crippen molar-refractivity contribution in [2.75, 3.05) is 10.7 Å². The summed E-state index contributed by atoms with van der Waals surface area (Å²) in [5, 5.41) is 1.06.